The zero-order valence-electron chi connectivity index (χ0n) is 13.4. The predicted octanol–water partition coefficient (Wildman–Crippen LogP) is 1.47. The van der Waals surface area contributed by atoms with Gasteiger partial charge in [-0.25, -0.2) is 8.78 Å². The summed E-state index contributed by atoms with van der Waals surface area (Å²) in [5.74, 6) is -2.06. The van der Waals surface area contributed by atoms with Crippen molar-refractivity contribution in [3.05, 3.63) is 35.4 Å². The second-order valence-electron chi connectivity index (χ2n) is 6.40. The summed E-state index contributed by atoms with van der Waals surface area (Å²) in [5, 5.41) is 9.95. The van der Waals surface area contributed by atoms with Crippen molar-refractivity contribution in [1.29, 1.82) is 0 Å². The van der Waals surface area contributed by atoms with E-state index in [0.717, 1.165) is 18.2 Å². The fourth-order valence-corrected chi connectivity index (χ4v) is 3.60. The van der Waals surface area contributed by atoms with Gasteiger partial charge in [0.05, 0.1) is 18.1 Å². The number of hydrogen-bond acceptors (Lipinski definition) is 3. The van der Waals surface area contributed by atoms with Crippen LogP contribution in [0, 0.1) is 17.6 Å². The lowest BCUT2D eigenvalue weighted by molar-refractivity contribution is -0.137. The number of rotatable bonds is 3. The van der Waals surface area contributed by atoms with Crippen LogP contribution in [0.2, 0.25) is 0 Å². The van der Waals surface area contributed by atoms with Crippen LogP contribution in [-0.4, -0.2) is 52.5 Å². The minimum absolute atomic E-state index is 0.0657. The number of aliphatic hydroxyl groups excluding tert-OH is 1. The van der Waals surface area contributed by atoms with E-state index in [1.165, 1.54) is 4.90 Å². The predicted molar refractivity (Wildman–Crippen MR) is 81.8 cm³/mol. The molecule has 2 heterocycles. The molecule has 0 radical (unpaired) electrons. The second-order valence-corrected chi connectivity index (χ2v) is 6.40. The molecule has 1 aromatic carbocycles. The molecule has 0 spiro atoms. The fraction of sp³-hybridized carbons (Fsp3) is 0.529. The van der Waals surface area contributed by atoms with Crippen LogP contribution in [-0.2, 0) is 9.59 Å². The summed E-state index contributed by atoms with van der Waals surface area (Å²) in [5.41, 5.74) is 0.0663. The van der Waals surface area contributed by atoms with Crippen molar-refractivity contribution in [2.45, 2.75) is 31.9 Å². The van der Waals surface area contributed by atoms with Crippen LogP contribution in [0.15, 0.2) is 18.2 Å². The number of hydrogen-bond donors (Lipinski definition) is 1. The first-order chi connectivity index (χ1) is 11.4. The van der Waals surface area contributed by atoms with Gasteiger partial charge in [-0.15, -0.1) is 0 Å². The fourth-order valence-electron chi connectivity index (χ4n) is 3.60. The minimum atomic E-state index is -0.791. The van der Waals surface area contributed by atoms with E-state index in [4.69, 9.17) is 0 Å². The highest BCUT2D eigenvalue weighted by Crippen LogP contribution is 2.36. The Kier molecular flexibility index (Phi) is 4.54. The van der Waals surface area contributed by atoms with E-state index in [9.17, 15) is 23.5 Å². The summed E-state index contributed by atoms with van der Waals surface area (Å²) < 4.78 is 27.6. The van der Waals surface area contributed by atoms with Gasteiger partial charge in [0.1, 0.15) is 11.6 Å². The molecule has 3 rings (SSSR count). The summed E-state index contributed by atoms with van der Waals surface area (Å²) in [4.78, 5) is 27.6. The topological polar surface area (TPSA) is 60.9 Å². The van der Waals surface area contributed by atoms with E-state index in [1.54, 1.807) is 4.90 Å². The van der Waals surface area contributed by atoms with Crippen LogP contribution >= 0.6 is 0 Å². The third kappa shape index (κ3) is 3.00. The van der Waals surface area contributed by atoms with Crippen LogP contribution < -0.4 is 0 Å². The maximum Gasteiger partial charge on any atom is 0.228 e. The average molecular weight is 338 g/mol. The van der Waals surface area contributed by atoms with Crippen molar-refractivity contribution >= 4 is 11.8 Å². The van der Waals surface area contributed by atoms with Gasteiger partial charge in [0.15, 0.2) is 0 Å². The lowest BCUT2D eigenvalue weighted by Gasteiger charge is -2.27. The zero-order valence-corrected chi connectivity index (χ0v) is 13.4. The van der Waals surface area contributed by atoms with Crippen molar-refractivity contribution in [2.75, 3.05) is 19.6 Å². The largest absolute Gasteiger partial charge is 0.391 e. The first-order valence-electron chi connectivity index (χ1n) is 8.12. The summed E-state index contributed by atoms with van der Waals surface area (Å²) in [6, 6.07) is 2.39. The summed E-state index contributed by atoms with van der Waals surface area (Å²) in [7, 11) is 0. The molecule has 2 aliphatic heterocycles. The number of benzene rings is 1. The van der Waals surface area contributed by atoms with Crippen LogP contribution in [0.1, 0.15) is 31.4 Å². The van der Waals surface area contributed by atoms with Gasteiger partial charge < -0.3 is 14.9 Å². The zero-order chi connectivity index (χ0) is 17.4. The molecule has 3 atom stereocenters. The van der Waals surface area contributed by atoms with Crippen molar-refractivity contribution < 1.29 is 23.5 Å². The van der Waals surface area contributed by atoms with Crippen LogP contribution in [0.25, 0.3) is 0 Å². The van der Waals surface area contributed by atoms with Gasteiger partial charge in [-0.05, 0) is 31.5 Å². The maximum absolute atomic E-state index is 14.1. The quantitative estimate of drug-likeness (QED) is 0.908. The molecular weight excluding hydrogens is 318 g/mol. The number of amides is 2. The van der Waals surface area contributed by atoms with Gasteiger partial charge in [0.2, 0.25) is 11.8 Å². The molecule has 2 aliphatic rings. The Morgan fingerprint density at radius 3 is 2.75 bits per heavy atom. The van der Waals surface area contributed by atoms with E-state index in [0.29, 0.717) is 13.1 Å². The molecule has 0 unspecified atom stereocenters. The van der Waals surface area contributed by atoms with Crippen LogP contribution in [0.4, 0.5) is 8.78 Å². The number of likely N-dealkylation sites (tertiary alicyclic amines) is 2. The standard InChI is InChI=1S/C17H20F2N2O3/c1-2-20-8-10(5-16(20)23)17(24)21-9-12(22)7-15(21)13-6-11(18)3-4-14(13)19/h3-4,6,10,12,15,22H,2,5,7-9H2,1H3/t10-,12+,15-/m1/s1. The van der Waals surface area contributed by atoms with Gasteiger partial charge in [-0.1, -0.05) is 0 Å². The monoisotopic (exact) mass is 338 g/mol. The Bertz CT molecular complexity index is 667. The van der Waals surface area contributed by atoms with E-state index in [2.05, 4.69) is 0 Å². The summed E-state index contributed by atoms with van der Waals surface area (Å²) in [6.07, 6.45) is -0.511. The van der Waals surface area contributed by atoms with E-state index < -0.39 is 29.7 Å². The number of nitrogens with zero attached hydrogens (tertiary/aromatic N) is 2. The van der Waals surface area contributed by atoms with Crippen molar-refractivity contribution in [2.24, 2.45) is 5.92 Å². The van der Waals surface area contributed by atoms with E-state index in [-0.39, 0.29) is 36.8 Å². The normalized spacial score (nSPS) is 27.2. The molecule has 0 aliphatic carbocycles. The number of carbonyl (C=O) groups excluding carboxylic acids is 2. The molecule has 1 aromatic rings. The molecule has 1 N–H and O–H groups in total. The first-order valence-corrected chi connectivity index (χ1v) is 8.12. The van der Waals surface area contributed by atoms with Gasteiger partial charge in [0.25, 0.3) is 0 Å². The molecular formula is C17H20F2N2O3. The molecule has 0 bridgehead atoms. The smallest absolute Gasteiger partial charge is 0.228 e. The van der Waals surface area contributed by atoms with E-state index in [1.807, 2.05) is 6.92 Å². The lowest BCUT2D eigenvalue weighted by atomic mass is 10.0. The Balaban J connectivity index is 1.84. The van der Waals surface area contributed by atoms with E-state index >= 15 is 0 Å². The highest BCUT2D eigenvalue weighted by molar-refractivity contribution is 5.89. The Labute approximate surface area is 138 Å². The van der Waals surface area contributed by atoms with Gasteiger partial charge >= 0.3 is 0 Å². The average Bonchev–Trinajstić information content (AvgIpc) is 3.11. The molecule has 7 heteroatoms. The summed E-state index contributed by atoms with van der Waals surface area (Å²) >= 11 is 0. The molecule has 0 aromatic heterocycles. The SMILES string of the molecule is CCN1C[C@H](C(=O)N2C[C@@H](O)C[C@@H]2c2cc(F)ccc2F)CC1=O. The van der Waals surface area contributed by atoms with Crippen molar-refractivity contribution in [3.8, 4) is 0 Å². The third-order valence-corrected chi connectivity index (χ3v) is 4.82. The number of aliphatic hydroxyl groups is 1. The number of carbonyl (C=O) groups is 2. The second kappa shape index (κ2) is 6.47. The van der Waals surface area contributed by atoms with Gasteiger partial charge in [-0.2, -0.15) is 0 Å². The van der Waals surface area contributed by atoms with Crippen molar-refractivity contribution in [1.82, 2.24) is 9.80 Å². The Morgan fingerprint density at radius 2 is 2.08 bits per heavy atom. The molecule has 2 saturated heterocycles. The molecule has 5 nitrogen and oxygen atoms in total. The molecule has 2 amide bonds. The molecule has 24 heavy (non-hydrogen) atoms. The van der Waals surface area contributed by atoms with Crippen molar-refractivity contribution in [3.63, 3.8) is 0 Å². The number of halogens is 2. The Hall–Kier alpha value is -2.02. The van der Waals surface area contributed by atoms with Crippen LogP contribution in [0.3, 0.4) is 0 Å². The highest BCUT2D eigenvalue weighted by Gasteiger charge is 2.42. The molecule has 0 saturated carbocycles. The maximum atomic E-state index is 14.1. The van der Waals surface area contributed by atoms with Gasteiger partial charge in [0, 0.05) is 31.6 Å². The highest BCUT2D eigenvalue weighted by atomic mass is 19.1. The van der Waals surface area contributed by atoms with Crippen LogP contribution in [0.5, 0.6) is 0 Å². The Morgan fingerprint density at radius 1 is 1.33 bits per heavy atom. The third-order valence-electron chi connectivity index (χ3n) is 4.82. The first kappa shape index (κ1) is 16.8. The number of β-amino-alcohol motifs (C(OH)–C–C–N with tert-alkyl or cyclic N) is 1. The minimum Gasteiger partial charge on any atom is -0.391 e. The summed E-state index contributed by atoms with van der Waals surface area (Å²) in [6.45, 7) is 2.78. The molecule has 2 fully saturated rings. The lowest BCUT2D eigenvalue weighted by Crippen LogP contribution is -2.38. The molecule has 130 valence electrons. The van der Waals surface area contributed by atoms with Gasteiger partial charge in [-0.3, -0.25) is 9.59 Å².